The van der Waals surface area contributed by atoms with Crippen LogP contribution >= 0.6 is 27.5 Å². The number of aliphatic hydroxyl groups is 1. The van der Waals surface area contributed by atoms with Gasteiger partial charge >= 0.3 is 0 Å². The van der Waals surface area contributed by atoms with Gasteiger partial charge in [-0.25, -0.2) is 0 Å². The molecule has 1 atom stereocenters. The number of nitriles is 1. The zero-order valence-electron chi connectivity index (χ0n) is 12.5. The minimum Gasteiger partial charge on any atom is -0.507 e. The number of rotatable bonds is 5. The molecule has 1 amide bonds. The number of carbonyl (C=O) groups is 1. The number of benzene rings is 2. The molecular weight excluding hydrogens is 396 g/mol. The van der Waals surface area contributed by atoms with Crippen LogP contribution in [0.1, 0.15) is 21.5 Å². The predicted molar refractivity (Wildman–Crippen MR) is 94.0 cm³/mol. The molecule has 0 saturated heterocycles. The highest BCUT2D eigenvalue weighted by Crippen LogP contribution is 2.30. The Morgan fingerprint density at radius 1 is 1.33 bits per heavy atom. The highest BCUT2D eigenvalue weighted by molar-refractivity contribution is 9.10. The molecule has 5 nitrogen and oxygen atoms in total. The third-order valence-corrected chi connectivity index (χ3v) is 4.35. The van der Waals surface area contributed by atoms with Gasteiger partial charge in [0.2, 0.25) is 0 Å². The van der Waals surface area contributed by atoms with Gasteiger partial charge < -0.3 is 15.5 Å². The first-order chi connectivity index (χ1) is 11.4. The lowest BCUT2D eigenvalue weighted by Crippen LogP contribution is -2.39. The van der Waals surface area contributed by atoms with Crippen molar-refractivity contribution in [1.82, 2.24) is 5.32 Å². The van der Waals surface area contributed by atoms with Crippen molar-refractivity contribution in [3.05, 3.63) is 62.6 Å². The van der Waals surface area contributed by atoms with E-state index in [1.165, 1.54) is 12.1 Å². The quantitative estimate of drug-likeness (QED) is 0.707. The van der Waals surface area contributed by atoms with Gasteiger partial charge in [-0.05, 0) is 46.1 Å². The van der Waals surface area contributed by atoms with Gasteiger partial charge in [0.1, 0.15) is 5.75 Å². The number of hydrogen-bond donors (Lipinski definition) is 3. The molecule has 1 unspecified atom stereocenters. The van der Waals surface area contributed by atoms with E-state index in [0.29, 0.717) is 16.5 Å². The van der Waals surface area contributed by atoms with Crippen LogP contribution in [0.25, 0.3) is 0 Å². The van der Waals surface area contributed by atoms with Crippen LogP contribution < -0.4 is 5.32 Å². The molecule has 0 bridgehead atoms. The van der Waals surface area contributed by atoms with E-state index in [9.17, 15) is 15.0 Å². The number of phenolic OH excluding ortho intramolecular Hbond substituents is 1. The highest BCUT2D eigenvalue weighted by atomic mass is 79.9. The van der Waals surface area contributed by atoms with Crippen LogP contribution in [0.4, 0.5) is 0 Å². The van der Waals surface area contributed by atoms with E-state index in [-0.39, 0.29) is 22.9 Å². The zero-order valence-corrected chi connectivity index (χ0v) is 14.8. The van der Waals surface area contributed by atoms with Crippen molar-refractivity contribution in [3.8, 4) is 11.8 Å². The van der Waals surface area contributed by atoms with Crippen LogP contribution in [-0.2, 0) is 6.42 Å². The lowest BCUT2D eigenvalue weighted by atomic mass is 10.0. The van der Waals surface area contributed by atoms with Crippen LogP contribution in [0.15, 0.2) is 40.9 Å². The van der Waals surface area contributed by atoms with Crippen molar-refractivity contribution in [2.24, 2.45) is 0 Å². The van der Waals surface area contributed by atoms with E-state index in [2.05, 4.69) is 21.2 Å². The second-order valence-electron chi connectivity index (χ2n) is 5.15. The summed E-state index contributed by atoms with van der Waals surface area (Å²) in [6.07, 6.45) is 0.408. The number of hydrogen-bond acceptors (Lipinski definition) is 4. The summed E-state index contributed by atoms with van der Waals surface area (Å²) in [5.74, 6) is -0.513. The number of aliphatic hydroxyl groups excluding tert-OH is 1. The number of nitrogens with zero attached hydrogens (tertiary/aromatic N) is 1. The number of phenols is 1. The molecule has 124 valence electrons. The minimum absolute atomic E-state index is 0.0622. The summed E-state index contributed by atoms with van der Waals surface area (Å²) in [7, 11) is 0. The molecule has 2 aromatic rings. The fourth-order valence-corrected chi connectivity index (χ4v) is 2.72. The molecular formula is C17H14BrClN2O3. The maximum absolute atomic E-state index is 12.3. The second-order valence-corrected chi connectivity index (χ2v) is 6.41. The number of nitrogens with one attached hydrogen (secondary N) is 1. The summed E-state index contributed by atoms with van der Waals surface area (Å²) in [4.78, 5) is 12.3. The minimum atomic E-state index is -0.505. The van der Waals surface area contributed by atoms with Gasteiger partial charge in [0, 0.05) is 6.07 Å². The maximum Gasteiger partial charge on any atom is 0.253 e. The summed E-state index contributed by atoms with van der Waals surface area (Å²) >= 11 is 9.12. The predicted octanol–water partition coefficient (Wildman–Crippen LogP) is 3.01. The molecule has 0 aliphatic carbocycles. The monoisotopic (exact) mass is 408 g/mol. The Kier molecular flexibility index (Phi) is 6.21. The highest BCUT2D eigenvalue weighted by Gasteiger charge is 2.17. The normalized spacial score (nSPS) is 11.6. The Balaban J connectivity index is 2.10. The second kappa shape index (κ2) is 8.15. The average Bonchev–Trinajstić information content (AvgIpc) is 2.58. The number of aromatic hydroxyl groups is 1. The largest absolute Gasteiger partial charge is 0.507 e. The number of carbonyl (C=O) groups excluding carboxylic acids is 1. The zero-order chi connectivity index (χ0) is 17.7. The summed E-state index contributed by atoms with van der Waals surface area (Å²) in [6, 6.07) is 11.1. The molecule has 0 aliphatic heterocycles. The van der Waals surface area contributed by atoms with Crippen molar-refractivity contribution in [3.63, 3.8) is 0 Å². The van der Waals surface area contributed by atoms with Crippen LogP contribution in [0, 0.1) is 11.3 Å². The van der Waals surface area contributed by atoms with E-state index in [1.54, 1.807) is 24.3 Å². The molecule has 2 aromatic carbocycles. The summed E-state index contributed by atoms with van der Waals surface area (Å²) in [5.41, 5.74) is 1.62. The van der Waals surface area contributed by atoms with Gasteiger partial charge in [-0.2, -0.15) is 5.26 Å². The molecule has 0 spiro atoms. The Hall–Kier alpha value is -2.07. The van der Waals surface area contributed by atoms with Crippen molar-refractivity contribution in [2.75, 3.05) is 6.61 Å². The first kappa shape index (κ1) is 18.3. The van der Waals surface area contributed by atoms with Crippen LogP contribution in [-0.4, -0.2) is 28.8 Å². The fourth-order valence-electron chi connectivity index (χ4n) is 2.13. The van der Waals surface area contributed by atoms with Crippen LogP contribution in [0.3, 0.4) is 0 Å². The van der Waals surface area contributed by atoms with E-state index < -0.39 is 11.9 Å². The third kappa shape index (κ3) is 4.48. The van der Waals surface area contributed by atoms with Gasteiger partial charge in [-0.1, -0.05) is 23.7 Å². The number of amides is 1. The lowest BCUT2D eigenvalue weighted by molar-refractivity contribution is 0.0916. The molecule has 0 saturated carbocycles. The molecule has 3 N–H and O–H groups in total. The van der Waals surface area contributed by atoms with Crippen LogP contribution in [0.2, 0.25) is 5.02 Å². The Bertz CT molecular complexity index is 788. The van der Waals surface area contributed by atoms with Gasteiger partial charge in [0.05, 0.1) is 39.3 Å². The standard InChI is InChI=1S/C17H14BrClN2O3/c18-14-6-13(15(19)7-16(14)23)17(24)21-12(9-22)5-10-1-3-11(8-20)4-2-10/h1-4,6-7,12,22-23H,5,9H2,(H,21,24). The smallest absolute Gasteiger partial charge is 0.253 e. The summed E-state index contributed by atoms with van der Waals surface area (Å²) in [6.45, 7) is -0.247. The summed E-state index contributed by atoms with van der Waals surface area (Å²) in [5, 5.41) is 30.7. The average molecular weight is 410 g/mol. The Morgan fingerprint density at radius 2 is 2.00 bits per heavy atom. The lowest BCUT2D eigenvalue weighted by Gasteiger charge is -2.17. The van der Waals surface area contributed by atoms with Gasteiger partial charge in [-0.3, -0.25) is 4.79 Å². The van der Waals surface area contributed by atoms with E-state index in [1.807, 2.05) is 6.07 Å². The first-order valence-corrected chi connectivity index (χ1v) is 8.20. The van der Waals surface area contributed by atoms with Crippen molar-refractivity contribution < 1.29 is 15.0 Å². The van der Waals surface area contributed by atoms with Crippen molar-refractivity contribution in [2.45, 2.75) is 12.5 Å². The van der Waals surface area contributed by atoms with Crippen LogP contribution in [0.5, 0.6) is 5.75 Å². The van der Waals surface area contributed by atoms with E-state index in [0.717, 1.165) is 5.56 Å². The van der Waals surface area contributed by atoms with E-state index >= 15 is 0 Å². The first-order valence-electron chi connectivity index (χ1n) is 7.03. The van der Waals surface area contributed by atoms with Crippen molar-refractivity contribution in [1.29, 1.82) is 5.26 Å². The molecule has 0 radical (unpaired) electrons. The summed E-state index contributed by atoms with van der Waals surface area (Å²) < 4.78 is 0.352. The molecule has 2 rings (SSSR count). The molecule has 0 aromatic heterocycles. The maximum atomic E-state index is 12.3. The van der Waals surface area contributed by atoms with Gasteiger partial charge in [0.15, 0.2) is 0 Å². The topological polar surface area (TPSA) is 93.4 Å². The van der Waals surface area contributed by atoms with E-state index in [4.69, 9.17) is 16.9 Å². The number of halogens is 2. The Morgan fingerprint density at radius 3 is 2.58 bits per heavy atom. The third-order valence-electron chi connectivity index (χ3n) is 3.40. The molecule has 24 heavy (non-hydrogen) atoms. The molecule has 0 aliphatic rings. The fraction of sp³-hybridized carbons (Fsp3) is 0.176. The van der Waals surface area contributed by atoms with Crippen molar-refractivity contribution >= 4 is 33.4 Å². The molecule has 0 fully saturated rings. The molecule has 0 heterocycles. The molecule has 7 heteroatoms. The Labute approximate surface area is 152 Å². The van der Waals surface area contributed by atoms with Gasteiger partial charge in [0.25, 0.3) is 5.91 Å². The van der Waals surface area contributed by atoms with Gasteiger partial charge in [-0.15, -0.1) is 0 Å². The SMILES string of the molecule is N#Cc1ccc(CC(CO)NC(=O)c2cc(Br)c(O)cc2Cl)cc1.